The molecule has 1 atom stereocenters. The number of hydrogen-bond acceptors (Lipinski definition) is 1. The van der Waals surface area contributed by atoms with Crippen molar-refractivity contribution in [2.75, 3.05) is 0 Å². The quantitative estimate of drug-likeness (QED) is 0.750. The lowest BCUT2D eigenvalue weighted by molar-refractivity contribution is 0.801. The van der Waals surface area contributed by atoms with Gasteiger partial charge in [0.25, 0.3) is 0 Å². The van der Waals surface area contributed by atoms with Crippen LogP contribution in [0, 0.1) is 0 Å². The van der Waals surface area contributed by atoms with Crippen molar-refractivity contribution >= 4 is 11.6 Å². The predicted octanol–water partition coefficient (Wildman–Crippen LogP) is 2.92. The Balaban J connectivity index is 3.20. The molecule has 2 heteroatoms. The van der Waals surface area contributed by atoms with Gasteiger partial charge in [-0.05, 0) is 30.5 Å². The van der Waals surface area contributed by atoms with Gasteiger partial charge in [0.15, 0.2) is 0 Å². The smallest absolute Gasteiger partial charge is 0.0456 e. The van der Waals surface area contributed by atoms with Crippen LogP contribution in [-0.2, 0) is 6.42 Å². The second kappa shape index (κ2) is 3.92. The van der Waals surface area contributed by atoms with Crippen molar-refractivity contribution in [3.8, 4) is 0 Å². The standard InChI is InChI=1S/C10H14ClN/c1-3-8-5-4-6-9(11)10(8)7(2)12/h4-7H,3,12H2,1-2H3/t7-/m0/s1. The fourth-order valence-electron chi connectivity index (χ4n) is 1.40. The van der Waals surface area contributed by atoms with E-state index >= 15 is 0 Å². The van der Waals surface area contributed by atoms with E-state index in [1.54, 1.807) is 0 Å². The lowest BCUT2D eigenvalue weighted by atomic mass is 10.0. The van der Waals surface area contributed by atoms with Crippen molar-refractivity contribution in [3.63, 3.8) is 0 Å². The zero-order valence-electron chi connectivity index (χ0n) is 7.47. The Hall–Kier alpha value is -0.530. The lowest BCUT2D eigenvalue weighted by Gasteiger charge is -2.12. The van der Waals surface area contributed by atoms with Gasteiger partial charge in [0, 0.05) is 11.1 Å². The van der Waals surface area contributed by atoms with Crippen molar-refractivity contribution in [3.05, 3.63) is 34.3 Å². The number of halogens is 1. The van der Waals surface area contributed by atoms with Crippen LogP contribution in [-0.4, -0.2) is 0 Å². The van der Waals surface area contributed by atoms with E-state index in [1.807, 2.05) is 19.1 Å². The maximum Gasteiger partial charge on any atom is 0.0456 e. The Morgan fingerprint density at radius 2 is 2.17 bits per heavy atom. The van der Waals surface area contributed by atoms with Crippen LogP contribution in [0.4, 0.5) is 0 Å². The molecule has 0 saturated carbocycles. The highest BCUT2D eigenvalue weighted by Crippen LogP contribution is 2.25. The Kier molecular flexibility index (Phi) is 3.12. The minimum atomic E-state index is 0.0219. The summed E-state index contributed by atoms with van der Waals surface area (Å²) in [5.74, 6) is 0. The summed E-state index contributed by atoms with van der Waals surface area (Å²) >= 11 is 6.02. The van der Waals surface area contributed by atoms with E-state index in [2.05, 4.69) is 13.0 Å². The molecular weight excluding hydrogens is 170 g/mol. The molecule has 0 aliphatic rings. The first-order valence-corrected chi connectivity index (χ1v) is 4.57. The van der Waals surface area contributed by atoms with Crippen LogP contribution in [0.2, 0.25) is 5.02 Å². The van der Waals surface area contributed by atoms with Crippen LogP contribution in [0.15, 0.2) is 18.2 Å². The zero-order chi connectivity index (χ0) is 9.14. The normalized spacial score (nSPS) is 13.0. The van der Waals surface area contributed by atoms with Crippen molar-refractivity contribution < 1.29 is 0 Å². The van der Waals surface area contributed by atoms with E-state index in [4.69, 9.17) is 17.3 Å². The van der Waals surface area contributed by atoms with E-state index in [-0.39, 0.29) is 6.04 Å². The van der Waals surface area contributed by atoms with E-state index in [9.17, 15) is 0 Å². The second-order valence-electron chi connectivity index (χ2n) is 2.95. The maximum atomic E-state index is 6.02. The summed E-state index contributed by atoms with van der Waals surface area (Å²) in [5, 5.41) is 0.782. The minimum Gasteiger partial charge on any atom is -0.324 e. The summed E-state index contributed by atoms with van der Waals surface area (Å²) in [4.78, 5) is 0. The molecule has 1 rings (SSSR count). The van der Waals surface area contributed by atoms with E-state index in [0.717, 1.165) is 17.0 Å². The number of rotatable bonds is 2. The highest BCUT2D eigenvalue weighted by atomic mass is 35.5. The molecular formula is C10H14ClN. The van der Waals surface area contributed by atoms with Crippen LogP contribution in [0.5, 0.6) is 0 Å². The third kappa shape index (κ3) is 1.79. The SMILES string of the molecule is CCc1cccc(Cl)c1[C@H](C)N. The molecule has 1 aromatic rings. The molecule has 12 heavy (non-hydrogen) atoms. The molecule has 1 nitrogen and oxygen atoms in total. The molecule has 2 N–H and O–H groups in total. The molecule has 0 spiro atoms. The molecule has 0 amide bonds. The summed E-state index contributed by atoms with van der Waals surface area (Å²) in [5.41, 5.74) is 8.14. The van der Waals surface area contributed by atoms with Crippen LogP contribution in [0.3, 0.4) is 0 Å². The van der Waals surface area contributed by atoms with Gasteiger partial charge < -0.3 is 5.73 Å². The van der Waals surface area contributed by atoms with Gasteiger partial charge in [0.2, 0.25) is 0 Å². The molecule has 0 aromatic heterocycles. The van der Waals surface area contributed by atoms with Gasteiger partial charge >= 0.3 is 0 Å². The molecule has 0 saturated heterocycles. The third-order valence-electron chi connectivity index (χ3n) is 1.98. The van der Waals surface area contributed by atoms with Gasteiger partial charge in [-0.1, -0.05) is 30.7 Å². The zero-order valence-corrected chi connectivity index (χ0v) is 8.23. The van der Waals surface area contributed by atoms with Gasteiger partial charge in [0.1, 0.15) is 0 Å². The summed E-state index contributed by atoms with van der Waals surface area (Å²) in [6.45, 7) is 4.07. The van der Waals surface area contributed by atoms with E-state index in [0.29, 0.717) is 0 Å². The fraction of sp³-hybridized carbons (Fsp3) is 0.400. The van der Waals surface area contributed by atoms with E-state index < -0.39 is 0 Å². The van der Waals surface area contributed by atoms with Gasteiger partial charge in [-0.15, -0.1) is 0 Å². The van der Waals surface area contributed by atoms with Gasteiger partial charge in [0.05, 0.1) is 0 Å². The first-order valence-electron chi connectivity index (χ1n) is 4.19. The summed E-state index contributed by atoms with van der Waals surface area (Å²) in [7, 11) is 0. The average molecular weight is 184 g/mol. The largest absolute Gasteiger partial charge is 0.324 e. The number of hydrogen-bond donors (Lipinski definition) is 1. The Morgan fingerprint density at radius 1 is 1.50 bits per heavy atom. The monoisotopic (exact) mass is 183 g/mol. The van der Waals surface area contributed by atoms with Gasteiger partial charge in [-0.3, -0.25) is 0 Å². The van der Waals surface area contributed by atoms with Crippen LogP contribution in [0.1, 0.15) is 31.0 Å². The fourth-order valence-corrected chi connectivity index (χ4v) is 1.77. The molecule has 66 valence electrons. The Bertz CT molecular complexity index is 269. The second-order valence-corrected chi connectivity index (χ2v) is 3.36. The van der Waals surface area contributed by atoms with Crippen molar-refractivity contribution in [1.29, 1.82) is 0 Å². The molecule has 0 aliphatic heterocycles. The average Bonchev–Trinajstić information content (AvgIpc) is 2.03. The predicted molar refractivity (Wildman–Crippen MR) is 53.4 cm³/mol. The minimum absolute atomic E-state index is 0.0219. The molecule has 0 unspecified atom stereocenters. The topological polar surface area (TPSA) is 26.0 Å². The van der Waals surface area contributed by atoms with Crippen molar-refractivity contribution in [2.24, 2.45) is 5.73 Å². The highest BCUT2D eigenvalue weighted by molar-refractivity contribution is 6.31. The summed E-state index contributed by atoms with van der Waals surface area (Å²) in [6, 6.07) is 5.95. The third-order valence-corrected chi connectivity index (χ3v) is 2.31. The Morgan fingerprint density at radius 3 is 2.58 bits per heavy atom. The molecule has 0 heterocycles. The number of aryl methyl sites for hydroxylation is 1. The summed E-state index contributed by atoms with van der Waals surface area (Å²) < 4.78 is 0. The van der Waals surface area contributed by atoms with Crippen LogP contribution < -0.4 is 5.73 Å². The van der Waals surface area contributed by atoms with Crippen LogP contribution in [0.25, 0.3) is 0 Å². The maximum absolute atomic E-state index is 6.02. The molecule has 0 aliphatic carbocycles. The first kappa shape index (κ1) is 9.56. The van der Waals surface area contributed by atoms with Crippen molar-refractivity contribution in [1.82, 2.24) is 0 Å². The lowest BCUT2D eigenvalue weighted by Crippen LogP contribution is -2.08. The summed E-state index contributed by atoms with van der Waals surface area (Å²) in [6.07, 6.45) is 0.984. The van der Waals surface area contributed by atoms with Crippen LogP contribution >= 0.6 is 11.6 Å². The number of benzene rings is 1. The molecule has 0 fully saturated rings. The van der Waals surface area contributed by atoms with Crippen molar-refractivity contribution in [2.45, 2.75) is 26.3 Å². The van der Waals surface area contributed by atoms with Gasteiger partial charge in [-0.25, -0.2) is 0 Å². The highest BCUT2D eigenvalue weighted by Gasteiger charge is 2.08. The first-order chi connectivity index (χ1) is 5.66. The molecule has 0 radical (unpaired) electrons. The molecule has 1 aromatic carbocycles. The van der Waals surface area contributed by atoms with E-state index in [1.165, 1.54) is 5.56 Å². The molecule has 0 bridgehead atoms. The van der Waals surface area contributed by atoms with Gasteiger partial charge in [-0.2, -0.15) is 0 Å². The number of nitrogens with two attached hydrogens (primary N) is 1. The Labute approximate surface area is 78.5 Å².